The number of benzene rings is 1. The van der Waals surface area contributed by atoms with Gasteiger partial charge in [0.2, 0.25) is 0 Å². The molecule has 0 radical (unpaired) electrons. The van der Waals surface area contributed by atoms with E-state index in [0.29, 0.717) is 11.5 Å². The maximum absolute atomic E-state index is 13.0. The molecule has 100 valence electrons. The number of ether oxygens (including phenoxy) is 2. The van der Waals surface area contributed by atoms with Gasteiger partial charge in [-0.25, -0.2) is 0 Å². The van der Waals surface area contributed by atoms with Crippen molar-refractivity contribution >= 4 is 12.4 Å². The van der Waals surface area contributed by atoms with Gasteiger partial charge in [-0.15, -0.1) is 21.2 Å². The summed E-state index contributed by atoms with van der Waals surface area (Å²) in [6.45, 7) is 0. The molecule has 0 aromatic heterocycles. The average Bonchev–Trinajstić information content (AvgIpc) is 2.47. The van der Waals surface area contributed by atoms with Gasteiger partial charge >= 0.3 is 6.29 Å². The molecule has 1 fully saturated rings. The highest BCUT2D eigenvalue weighted by Gasteiger charge is 2.45. The van der Waals surface area contributed by atoms with Gasteiger partial charge in [0.25, 0.3) is 0 Å². The first-order valence-electron chi connectivity index (χ1n) is 5.71. The highest BCUT2D eigenvalue weighted by Crippen LogP contribution is 2.47. The van der Waals surface area contributed by atoms with Crippen LogP contribution in [0.15, 0.2) is 18.2 Å². The number of fused-ring (bicyclic) bond motifs is 1. The Bertz CT molecular complexity index is 452. The fourth-order valence-corrected chi connectivity index (χ4v) is 2.31. The molecule has 3 rings (SSSR count). The molecule has 0 unspecified atom stereocenters. The molecule has 1 aromatic carbocycles. The van der Waals surface area contributed by atoms with Crippen molar-refractivity contribution in [1.82, 2.24) is 0 Å². The number of hydrogen-bond donors (Lipinski definition) is 1. The van der Waals surface area contributed by atoms with Crippen LogP contribution in [0.3, 0.4) is 0 Å². The van der Waals surface area contributed by atoms with Crippen molar-refractivity contribution in [3.63, 3.8) is 0 Å². The van der Waals surface area contributed by atoms with Crippen LogP contribution >= 0.6 is 12.4 Å². The van der Waals surface area contributed by atoms with Crippen LogP contribution in [0.5, 0.6) is 11.5 Å². The largest absolute Gasteiger partial charge is 0.586 e. The minimum atomic E-state index is -3.57. The van der Waals surface area contributed by atoms with Gasteiger partial charge in [0.1, 0.15) is 0 Å². The maximum atomic E-state index is 13.0. The summed E-state index contributed by atoms with van der Waals surface area (Å²) in [5.74, 6) is 0.526. The lowest BCUT2D eigenvalue weighted by Gasteiger charge is -2.31. The summed E-state index contributed by atoms with van der Waals surface area (Å²) in [5, 5.41) is 0. The van der Waals surface area contributed by atoms with Crippen LogP contribution in [0.1, 0.15) is 30.9 Å². The van der Waals surface area contributed by atoms with E-state index < -0.39 is 6.29 Å². The van der Waals surface area contributed by atoms with E-state index in [-0.39, 0.29) is 29.9 Å². The van der Waals surface area contributed by atoms with Gasteiger partial charge in [-0.05, 0) is 24.8 Å². The van der Waals surface area contributed by atoms with Gasteiger partial charge < -0.3 is 15.2 Å². The summed E-state index contributed by atoms with van der Waals surface area (Å²) in [6, 6.07) is 4.60. The van der Waals surface area contributed by atoms with E-state index in [1.54, 1.807) is 12.1 Å². The summed E-state index contributed by atoms with van der Waals surface area (Å²) in [5.41, 5.74) is 6.70. The SMILES string of the molecule is Cl.N[C@H](c1cccc2c1OC(F)(F)O2)C1CCC1. The van der Waals surface area contributed by atoms with Crippen molar-refractivity contribution in [3.05, 3.63) is 23.8 Å². The molecule has 3 nitrogen and oxygen atoms in total. The second-order valence-corrected chi connectivity index (χ2v) is 4.56. The predicted molar refractivity (Wildman–Crippen MR) is 64.2 cm³/mol. The molecule has 0 saturated heterocycles. The third-order valence-electron chi connectivity index (χ3n) is 3.48. The van der Waals surface area contributed by atoms with E-state index in [0.717, 1.165) is 19.3 Å². The predicted octanol–water partition coefficient (Wildman–Crippen LogP) is 3.23. The Kier molecular flexibility index (Phi) is 3.38. The second kappa shape index (κ2) is 4.55. The summed E-state index contributed by atoms with van der Waals surface area (Å²) < 4.78 is 34.9. The molecule has 1 aromatic rings. The van der Waals surface area contributed by atoms with Crippen LogP contribution in [0.2, 0.25) is 0 Å². The zero-order valence-corrected chi connectivity index (χ0v) is 10.4. The van der Waals surface area contributed by atoms with E-state index >= 15 is 0 Å². The Morgan fingerprint density at radius 3 is 2.61 bits per heavy atom. The van der Waals surface area contributed by atoms with Crippen molar-refractivity contribution in [3.8, 4) is 11.5 Å². The van der Waals surface area contributed by atoms with Crippen LogP contribution in [-0.2, 0) is 0 Å². The third-order valence-corrected chi connectivity index (χ3v) is 3.48. The number of rotatable bonds is 2. The average molecular weight is 278 g/mol. The number of nitrogens with two attached hydrogens (primary N) is 1. The molecule has 0 amide bonds. The summed E-state index contributed by atoms with van der Waals surface area (Å²) in [4.78, 5) is 0. The fourth-order valence-electron chi connectivity index (χ4n) is 2.31. The second-order valence-electron chi connectivity index (χ2n) is 4.56. The monoisotopic (exact) mass is 277 g/mol. The molecule has 2 N–H and O–H groups in total. The van der Waals surface area contributed by atoms with Crippen LogP contribution in [-0.4, -0.2) is 6.29 Å². The lowest BCUT2D eigenvalue weighted by molar-refractivity contribution is -0.287. The molecule has 1 heterocycles. The lowest BCUT2D eigenvalue weighted by atomic mass is 9.77. The molecule has 2 aliphatic rings. The van der Waals surface area contributed by atoms with Crippen molar-refractivity contribution < 1.29 is 18.3 Å². The minimum Gasteiger partial charge on any atom is -0.395 e. The summed E-state index contributed by atoms with van der Waals surface area (Å²) >= 11 is 0. The van der Waals surface area contributed by atoms with Crippen molar-refractivity contribution in [2.45, 2.75) is 31.6 Å². The topological polar surface area (TPSA) is 44.5 Å². The van der Waals surface area contributed by atoms with Gasteiger partial charge in [-0.1, -0.05) is 18.6 Å². The van der Waals surface area contributed by atoms with E-state index in [4.69, 9.17) is 5.73 Å². The summed E-state index contributed by atoms with van der Waals surface area (Å²) in [7, 11) is 0. The maximum Gasteiger partial charge on any atom is 0.586 e. The number of hydrogen-bond acceptors (Lipinski definition) is 3. The molecule has 18 heavy (non-hydrogen) atoms. The highest BCUT2D eigenvalue weighted by atomic mass is 35.5. The minimum absolute atomic E-state index is 0. The van der Waals surface area contributed by atoms with E-state index in [1.165, 1.54) is 6.07 Å². The molecule has 0 bridgehead atoms. The van der Waals surface area contributed by atoms with Crippen molar-refractivity contribution in [2.24, 2.45) is 11.7 Å². The lowest BCUT2D eigenvalue weighted by Crippen LogP contribution is -2.28. The van der Waals surface area contributed by atoms with E-state index in [1.807, 2.05) is 0 Å². The van der Waals surface area contributed by atoms with Crippen LogP contribution in [0.4, 0.5) is 8.78 Å². The molecule has 1 atom stereocenters. The normalized spacial score (nSPS) is 21.9. The van der Waals surface area contributed by atoms with Gasteiger partial charge in [0.05, 0.1) is 0 Å². The van der Waals surface area contributed by atoms with E-state index in [9.17, 15) is 8.78 Å². The first kappa shape index (κ1) is 13.4. The van der Waals surface area contributed by atoms with Crippen LogP contribution < -0.4 is 15.2 Å². The van der Waals surface area contributed by atoms with Crippen LogP contribution in [0, 0.1) is 5.92 Å². The van der Waals surface area contributed by atoms with Gasteiger partial charge in [0.15, 0.2) is 11.5 Å². The Morgan fingerprint density at radius 1 is 1.28 bits per heavy atom. The standard InChI is InChI=1S/C12H13F2NO2.ClH/c13-12(14)16-9-6-2-5-8(11(9)17-12)10(15)7-3-1-4-7;/h2,5-7,10H,1,3-4,15H2;1H/t10-;/m0./s1. The molecule has 1 aliphatic heterocycles. The first-order chi connectivity index (χ1) is 8.07. The van der Waals surface area contributed by atoms with Crippen molar-refractivity contribution in [2.75, 3.05) is 0 Å². The molecule has 1 saturated carbocycles. The fraction of sp³-hybridized carbons (Fsp3) is 0.500. The van der Waals surface area contributed by atoms with Gasteiger partial charge in [-0.3, -0.25) is 0 Å². The Balaban J connectivity index is 0.00000120. The van der Waals surface area contributed by atoms with Gasteiger partial charge in [-0.2, -0.15) is 0 Å². The Labute approximate surface area is 110 Å². The molecular weight excluding hydrogens is 264 g/mol. The van der Waals surface area contributed by atoms with Crippen molar-refractivity contribution in [1.29, 1.82) is 0 Å². The highest BCUT2D eigenvalue weighted by molar-refractivity contribution is 5.85. The first-order valence-corrected chi connectivity index (χ1v) is 5.71. The van der Waals surface area contributed by atoms with Gasteiger partial charge in [0, 0.05) is 11.6 Å². The molecule has 6 heteroatoms. The quantitative estimate of drug-likeness (QED) is 0.903. The molecule has 0 spiro atoms. The Morgan fingerprint density at radius 2 is 2.00 bits per heavy atom. The van der Waals surface area contributed by atoms with Crippen LogP contribution in [0.25, 0.3) is 0 Å². The summed E-state index contributed by atoms with van der Waals surface area (Å²) in [6.07, 6.45) is -0.331. The molecular formula is C12H14ClF2NO2. The zero-order chi connectivity index (χ0) is 12.0. The molecule has 1 aliphatic carbocycles. The smallest absolute Gasteiger partial charge is 0.395 e. The number of alkyl halides is 2. The number of halogens is 3. The third kappa shape index (κ3) is 2.12. The zero-order valence-electron chi connectivity index (χ0n) is 9.57. The van der Waals surface area contributed by atoms with E-state index in [2.05, 4.69) is 9.47 Å². The Hall–Kier alpha value is -1.07. The number of para-hydroxylation sites is 1.